The number of thiophene rings is 1. The van der Waals surface area contributed by atoms with Crippen LogP contribution in [0.25, 0.3) is 46.9 Å². The number of hydrogen-bond donors (Lipinski definition) is 0. The topological polar surface area (TPSA) is 69.2 Å². The predicted molar refractivity (Wildman–Crippen MR) is 136 cm³/mol. The van der Waals surface area contributed by atoms with E-state index >= 15 is 0 Å². The molecular formula is C27H11N5S2. The van der Waals surface area contributed by atoms with Crippen molar-refractivity contribution in [3.8, 4) is 22.6 Å². The van der Waals surface area contributed by atoms with Gasteiger partial charge in [-0.1, -0.05) is 54.6 Å². The number of hydrogen-bond acceptors (Lipinski definition) is 5. The number of allylic oxidation sites excluding steroid dienone is 5. The second-order valence-electron chi connectivity index (χ2n) is 7.20. The van der Waals surface area contributed by atoms with Crippen LogP contribution in [0.4, 0.5) is 0 Å². The van der Waals surface area contributed by atoms with Gasteiger partial charge in [-0.05, 0) is 34.4 Å². The summed E-state index contributed by atoms with van der Waals surface area (Å²) in [6.07, 6.45) is 1.79. The van der Waals surface area contributed by atoms with E-state index in [1.165, 1.54) is 11.3 Å². The van der Waals surface area contributed by atoms with E-state index in [0.29, 0.717) is 32.9 Å². The molecular weight excluding hydrogens is 458 g/mol. The van der Waals surface area contributed by atoms with Gasteiger partial charge >= 0.3 is 0 Å². The first kappa shape index (κ1) is 21.1. The smallest absolute Gasteiger partial charge is 0.226 e. The zero-order chi connectivity index (χ0) is 23.7. The summed E-state index contributed by atoms with van der Waals surface area (Å²) < 4.78 is 1.03. The van der Waals surface area contributed by atoms with Gasteiger partial charge in [-0.25, -0.2) is 25.2 Å². The summed E-state index contributed by atoms with van der Waals surface area (Å²) in [5, 5.41) is 20.0. The Morgan fingerprint density at radius 3 is 1.97 bits per heavy atom. The van der Waals surface area contributed by atoms with E-state index in [4.69, 9.17) is 18.1 Å². The van der Waals surface area contributed by atoms with E-state index in [-0.39, 0.29) is 11.4 Å². The van der Waals surface area contributed by atoms with Crippen LogP contribution in [0.3, 0.4) is 0 Å². The third kappa shape index (κ3) is 3.39. The summed E-state index contributed by atoms with van der Waals surface area (Å²) in [6, 6.07) is 23.4. The second-order valence-corrected chi connectivity index (χ2v) is 9.29. The van der Waals surface area contributed by atoms with Crippen molar-refractivity contribution >= 4 is 49.4 Å². The number of nitriles is 2. The molecule has 0 radical (unpaired) electrons. The van der Waals surface area contributed by atoms with Crippen LogP contribution in [-0.2, 0) is 0 Å². The molecule has 5 rings (SSSR count). The first-order valence-electron chi connectivity index (χ1n) is 10.00. The molecule has 1 aliphatic carbocycles. The Labute approximate surface area is 203 Å². The Balaban J connectivity index is 1.73. The van der Waals surface area contributed by atoms with Gasteiger partial charge in [-0.15, -0.1) is 22.7 Å². The van der Waals surface area contributed by atoms with Crippen molar-refractivity contribution in [2.45, 2.75) is 0 Å². The fraction of sp³-hybridized carbons (Fsp3) is 0. The first-order valence-corrected chi connectivity index (χ1v) is 11.6. The van der Waals surface area contributed by atoms with Crippen LogP contribution in [-0.4, -0.2) is 4.98 Å². The number of aromatic nitrogens is 1. The molecule has 0 aliphatic heterocycles. The van der Waals surface area contributed by atoms with Gasteiger partial charge in [0.2, 0.25) is 0 Å². The van der Waals surface area contributed by atoms with E-state index in [1.807, 2.05) is 42.5 Å². The molecule has 0 unspecified atom stereocenters. The quantitative estimate of drug-likeness (QED) is 0.226. The molecule has 2 aromatic heterocycles. The van der Waals surface area contributed by atoms with Crippen LogP contribution in [0.2, 0.25) is 0 Å². The molecule has 5 nitrogen and oxygen atoms in total. The van der Waals surface area contributed by atoms with Crippen molar-refractivity contribution in [3.05, 3.63) is 117 Å². The van der Waals surface area contributed by atoms with Crippen LogP contribution in [0.15, 0.2) is 77.6 Å². The summed E-state index contributed by atoms with van der Waals surface area (Å²) in [5.74, 6) is 0. The monoisotopic (exact) mass is 469 g/mol. The van der Waals surface area contributed by atoms with E-state index in [0.717, 1.165) is 20.0 Å². The Hall–Kier alpha value is -4.79. The number of rotatable bonds is 2. The third-order valence-corrected chi connectivity index (χ3v) is 7.50. The largest absolute Gasteiger partial charge is 0.270 e. The summed E-state index contributed by atoms with van der Waals surface area (Å²) in [4.78, 5) is 13.7. The summed E-state index contributed by atoms with van der Waals surface area (Å²) in [7, 11) is 0. The highest BCUT2D eigenvalue weighted by molar-refractivity contribution is 7.29. The highest BCUT2D eigenvalue weighted by Gasteiger charge is 2.31. The maximum Gasteiger partial charge on any atom is 0.270 e. The summed E-state index contributed by atoms with van der Waals surface area (Å²) >= 11 is 3.09. The molecule has 4 aromatic rings. The minimum absolute atomic E-state index is 0.0827. The molecule has 0 fully saturated rings. The Morgan fingerprint density at radius 1 is 0.853 bits per heavy atom. The lowest BCUT2D eigenvalue weighted by atomic mass is 10.0. The normalized spacial score (nSPS) is 15.0. The maximum atomic E-state index is 9.65. The number of benzene rings is 2. The van der Waals surface area contributed by atoms with Gasteiger partial charge in [0, 0.05) is 16.0 Å². The van der Waals surface area contributed by atoms with E-state index in [2.05, 4.69) is 27.9 Å². The standard InChI is InChI=1S/C27H11N5S2/c1-30-20(14-28)25-17-10-6-7-11-18(17)26(21(15-29)31-2)19(25)12-24-32-27-23(33-24)13-22(34-27)16-8-4-3-5-9-16/h3-13H/b25-20-,26-21-. The van der Waals surface area contributed by atoms with Crippen molar-refractivity contribution in [2.24, 2.45) is 0 Å². The average Bonchev–Trinajstić information content (AvgIpc) is 3.53. The van der Waals surface area contributed by atoms with Crippen molar-refractivity contribution in [3.63, 3.8) is 0 Å². The third-order valence-electron chi connectivity index (χ3n) is 5.35. The fourth-order valence-corrected chi connectivity index (χ4v) is 6.12. The average molecular weight is 470 g/mol. The van der Waals surface area contributed by atoms with Gasteiger partial charge in [0.25, 0.3) is 11.4 Å². The lowest BCUT2D eigenvalue weighted by Gasteiger charge is -2.04. The molecule has 0 atom stereocenters. The molecule has 0 spiro atoms. The van der Waals surface area contributed by atoms with Gasteiger partial charge in [-0.2, -0.15) is 0 Å². The predicted octanol–water partition coefficient (Wildman–Crippen LogP) is 7.43. The molecule has 0 bridgehead atoms. The molecule has 1 aliphatic rings. The Morgan fingerprint density at radius 2 is 1.44 bits per heavy atom. The van der Waals surface area contributed by atoms with E-state index in [9.17, 15) is 10.5 Å². The minimum atomic E-state index is -0.0827. The van der Waals surface area contributed by atoms with Crippen molar-refractivity contribution < 1.29 is 0 Å². The SMILES string of the molecule is [C-]#[N+]/C(C#N)=C1\C(=Cc2nc3sc(-c4ccccc4)cc3s2)/C(=C(/C#N)[N+]#[C-])c2ccccc21. The molecule has 0 saturated heterocycles. The minimum Gasteiger partial charge on any atom is -0.226 e. The van der Waals surface area contributed by atoms with Crippen LogP contribution in [0.5, 0.6) is 0 Å². The Bertz CT molecular complexity index is 1600. The van der Waals surface area contributed by atoms with Crippen molar-refractivity contribution in [1.29, 1.82) is 10.5 Å². The van der Waals surface area contributed by atoms with Crippen LogP contribution < -0.4 is 0 Å². The van der Waals surface area contributed by atoms with Gasteiger partial charge in [0.05, 0.1) is 30.0 Å². The zero-order valence-corrected chi connectivity index (χ0v) is 19.0. The number of fused-ring (bicyclic) bond motifs is 2. The summed E-state index contributed by atoms with van der Waals surface area (Å²) in [5.41, 5.74) is 3.67. The summed E-state index contributed by atoms with van der Waals surface area (Å²) in [6.45, 7) is 15.1. The van der Waals surface area contributed by atoms with Crippen LogP contribution in [0, 0.1) is 35.8 Å². The van der Waals surface area contributed by atoms with Gasteiger partial charge in [0.15, 0.2) is 0 Å². The highest BCUT2D eigenvalue weighted by atomic mass is 32.1. The maximum absolute atomic E-state index is 9.65. The molecule has 0 amide bonds. The van der Waals surface area contributed by atoms with Gasteiger partial charge in [0.1, 0.15) is 9.84 Å². The van der Waals surface area contributed by atoms with Crippen molar-refractivity contribution in [1.82, 2.24) is 4.98 Å². The first-order chi connectivity index (χ1) is 16.7. The van der Waals surface area contributed by atoms with E-state index in [1.54, 1.807) is 29.5 Å². The van der Waals surface area contributed by atoms with E-state index < -0.39 is 0 Å². The fourth-order valence-electron chi connectivity index (χ4n) is 3.94. The molecule has 7 heteroatoms. The molecule has 34 heavy (non-hydrogen) atoms. The molecule has 156 valence electrons. The molecule has 2 aromatic carbocycles. The molecule has 2 heterocycles. The number of nitrogens with zero attached hydrogens (tertiary/aromatic N) is 5. The Kier molecular flexibility index (Phi) is 5.35. The van der Waals surface area contributed by atoms with Gasteiger partial charge in [-0.3, -0.25) is 0 Å². The lowest BCUT2D eigenvalue weighted by Crippen LogP contribution is -1.88. The van der Waals surface area contributed by atoms with Crippen molar-refractivity contribution in [2.75, 3.05) is 0 Å². The van der Waals surface area contributed by atoms with Gasteiger partial charge < -0.3 is 0 Å². The zero-order valence-electron chi connectivity index (χ0n) is 17.4. The number of thiazole rings is 1. The molecule has 0 saturated carbocycles. The van der Waals surface area contributed by atoms with Crippen LogP contribution >= 0.6 is 22.7 Å². The highest BCUT2D eigenvalue weighted by Crippen LogP contribution is 2.49. The lowest BCUT2D eigenvalue weighted by molar-refractivity contribution is 1.48. The molecule has 0 N–H and O–H groups in total. The second kappa shape index (κ2) is 8.62. The van der Waals surface area contributed by atoms with Crippen LogP contribution in [0.1, 0.15) is 16.1 Å².